The highest BCUT2D eigenvalue weighted by molar-refractivity contribution is 5.95. The summed E-state index contributed by atoms with van der Waals surface area (Å²) >= 11 is 0. The summed E-state index contributed by atoms with van der Waals surface area (Å²) in [6.45, 7) is 12.5. The van der Waals surface area contributed by atoms with Crippen molar-refractivity contribution in [1.29, 1.82) is 0 Å². The normalized spacial score (nSPS) is 56.8. The monoisotopic (exact) mass is 476 g/mol. The quantitative estimate of drug-likeness (QED) is 0.463. The number of ketones is 1. The number of hydrogen-bond donors (Lipinski definition) is 4. The van der Waals surface area contributed by atoms with Crippen molar-refractivity contribution in [3.8, 4) is 0 Å². The van der Waals surface area contributed by atoms with Gasteiger partial charge >= 0.3 is 0 Å². The Balaban J connectivity index is 1.54. The van der Waals surface area contributed by atoms with Crippen LogP contribution in [0.15, 0.2) is 11.6 Å². The van der Waals surface area contributed by atoms with Gasteiger partial charge in [0.25, 0.3) is 0 Å². The highest BCUT2D eigenvalue weighted by Crippen LogP contribution is 2.69. The number of allylic oxidation sites excluding steroid dienone is 1. The fraction of sp³-hybridized carbons (Fsp3) is 0.893. The molecule has 6 nitrogen and oxygen atoms in total. The maximum atomic E-state index is 13.4. The van der Waals surface area contributed by atoms with E-state index in [4.69, 9.17) is 4.74 Å². The van der Waals surface area contributed by atoms with Gasteiger partial charge < -0.3 is 25.2 Å². The average molecular weight is 477 g/mol. The minimum Gasteiger partial charge on any atom is -0.390 e. The third kappa shape index (κ3) is 3.01. The van der Waals surface area contributed by atoms with Crippen LogP contribution in [0.3, 0.4) is 0 Å². The van der Waals surface area contributed by atoms with Gasteiger partial charge in [-0.1, -0.05) is 20.8 Å². The van der Waals surface area contributed by atoms with Crippen LogP contribution in [0.4, 0.5) is 0 Å². The first-order valence-electron chi connectivity index (χ1n) is 13.3. The maximum Gasteiger partial charge on any atom is 0.159 e. The van der Waals surface area contributed by atoms with Crippen LogP contribution in [-0.4, -0.2) is 61.3 Å². The van der Waals surface area contributed by atoms with Crippen molar-refractivity contribution in [3.63, 3.8) is 0 Å². The fourth-order valence-electron chi connectivity index (χ4n) is 9.18. The number of rotatable bonds is 1. The highest BCUT2D eigenvalue weighted by Gasteiger charge is 2.70. The Bertz CT molecular complexity index is 913. The summed E-state index contributed by atoms with van der Waals surface area (Å²) in [5.41, 5.74) is -2.49. The Morgan fingerprint density at radius 3 is 2.29 bits per heavy atom. The van der Waals surface area contributed by atoms with Gasteiger partial charge in [-0.25, -0.2) is 0 Å². The maximum absolute atomic E-state index is 13.4. The molecule has 5 aliphatic rings. The molecule has 34 heavy (non-hydrogen) atoms. The topological polar surface area (TPSA) is 107 Å². The van der Waals surface area contributed by atoms with Crippen molar-refractivity contribution >= 4 is 5.78 Å². The summed E-state index contributed by atoms with van der Waals surface area (Å²) in [4.78, 5) is 13.4. The van der Waals surface area contributed by atoms with Gasteiger partial charge in [-0.3, -0.25) is 4.79 Å². The van der Waals surface area contributed by atoms with Crippen molar-refractivity contribution < 1.29 is 30.0 Å². The Morgan fingerprint density at radius 1 is 0.941 bits per heavy atom. The van der Waals surface area contributed by atoms with Crippen molar-refractivity contribution in [2.24, 2.45) is 34.5 Å². The summed E-state index contributed by atoms with van der Waals surface area (Å²) in [6.07, 6.45) is 3.52. The number of aliphatic hydroxyl groups excluding tert-OH is 3. The van der Waals surface area contributed by atoms with Gasteiger partial charge in [-0.15, -0.1) is 0 Å². The first-order chi connectivity index (χ1) is 15.6. The molecule has 1 heterocycles. The molecule has 11 atom stereocenters. The lowest BCUT2D eigenvalue weighted by atomic mass is 9.45. The van der Waals surface area contributed by atoms with E-state index in [2.05, 4.69) is 34.6 Å². The molecule has 0 spiro atoms. The summed E-state index contributed by atoms with van der Waals surface area (Å²) in [5, 5.41) is 44.5. The molecule has 0 aromatic carbocycles. The van der Waals surface area contributed by atoms with Crippen LogP contribution in [0.25, 0.3) is 0 Å². The summed E-state index contributed by atoms with van der Waals surface area (Å²) < 4.78 is 6.71. The van der Waals surface area contributed by atoms with Crippen LogP contribution in [0.1, 0.15) is 86.5 Å². The molecule has 192 valence electrons. The van der Waals surface area contributed by atoms with Crippen LogP contribution < -0.4 is 0 Å². The zero-order valence-electron chi connectivity index (χ0n) is 21.7. The van der Waals surface area contributed by atoms with Crippen LogP contribution in [-0.2, 0) is 9.53 Å². The standard InChI is InChI=1S/C28H44O6/c1-15-11-23(32)27(6,34-24(15,2)3)22-8-10-28(33)17-12-19(29)18-13-20(30)21(31)14-25(18,4)16(17)7-9-26(22,28)5/h12,15-16,18,20-23,30-33H,7-11,13-14H2,1-6H3/t15-,16+,18+,20-,21+,22+,23+,25-,26-,27-,28-/m1/s1. The number of ether oxygens (including phenoxy) is 1. The average Bonchev–Trinajstić information content (AvgIpc) is 3.01. The second kappa shape index (κ2) is 7.38. The molecule has 0 bridgehead atoms. The fourth-order valence-corrected chi connectivity index (χ4v) is 9.18. The molecule has 0 amide bonds. The Labute approximate surface area is 203 Å². The number of aliphatic hydroxyl groups is 4. The Morgan fingerprint density at radius 2 is 1.62 bits per heavy atom. The number of fused-ring (bicyclic) bond motifs is 5. The van der Waals surface area contributed by atoms with Crippen molar-refractivity contribution in [2.45, 2.75) is 122 Å². The van der Waals surface area contributed by atoms with Gasteiger partial charge in [0.05, 0.1) is 35.1 Å². The van der Waals surface area contributed by atoms with E-state index in [1.165, 1.54) is 0 Å². The van der Waals surface area contributed by atoms with Crippen molar-refractivity contribution in [3.05, 3.63) is 11.6 Å². The largest absolute Gasteiger partial charge is 0.390 e. The summed E-state index contributed by atoms with van der Waals surface area (Å²) in [5.74, 6) is -0.184. The molecule has 4 fully saturated rings. The first kappa shape index (κ1) is 24.9. The molecular formula is C28H44O6. The molecule has 1 saturated heterocycles. The van der Waals surface area contributed by atoms with E-state index >= 15 is 0 Å². The van der Waals surface area contributed by atoms with E-state index in [1.54, 1.807) is 6.08 Å². The van der Waals surface area contributed by atoms with Gasteiger partial charge in [0.2, 0.25) is 0 Å². The number of hydrogen-bond acceptors (Lipinski definition) is 6. The molecule has 3 saturated carbocycles. The first-order valence-corrected chi connectivity index (χ1v) is 13.3. The number of carbonyl (C=O) groups is 1. The molecule has 4 N–H and O–H groups in total. The van der Waals surface area contributed by atoms with Crippen LogP contribution in [0, 0.1) is 34.5 Å². The smallest absolute Gasteiger partial charge is 0.159 e. The highest BCUT2D eigenvalue weighted by atomic mass is 16.5. The molecule has 0 aromatic rings. The van der Waals surface area contributed by atoms with Crippen LogP contribution in [0.2, 0.25) is 0 Å². The summed E-state index contributed by atoms with van der Waals surface area (Å²) in [7, 11) is 0. The SMILES string of the molecule is C[C@@H]1C[C@H](O)[C@@](C)([C@H]2CC[C@@]3(O)C4=CC(=O)[C@@H]5C[C@@H](O)[C@@H](O)C[C@]5(C)[C@H]4CC[C@]23C)OC1(C)C. The lowest BCUT2D eigenvalue weighted by Gasteiger charge is -2.62. The zero-order valence-corrected chi connectivity index (χ0v) is 21.7. The molecule has 4 aliphatic carbocycles. The van der Waals surface area contributed by atoms with Crippen molar-refractivity contribution in [2.75, 3.05) is 0 Å². The Hall–Kier alpha value is -0.790. The zero-order chi connectivity index (χ0) is 25.1. The van der Waals surface area contributed by atoms with Gasteiger partial charge in [-0.2, -0.15) is 0 Å². The predicted octanol–water partition coefficient (Wildman–Crippen LogP) is 3.15. The molecule has 1 aliphatic heterocycles. The molecule has 0 radical (unpaired) electrons. The van der Waals surface area contributed by atoms with Gasteiger partial charge in [0, 0.05) is 11.3 Å². The number of carbonyl (C=O) groups excluding carboxylic acids is 1. The lowest BCUT2D eigenvalue weighted by molar-refractivity contribution is -0.276. The second-order valence-electron chi connectivity index (χ2n) is 13.6. The summed E-state index contributed by atoms with van der Waals surface area (Å²) in [6, 6.07) is 0. The molecule has 5 rings (SSSR count). The van der Waals surface area contributed by atoms with Gasteiger partial charge in [0.15, 0.2) is 5.78 Å². The van der Waals surface area contributed by atoms with E-state index in [9.17, 15) is 25.2 Å². The van der Waals surface area contributed by atoms with E-state index in [0.29, 0.717) is 19.3 Å². The van der Waals surface area contributed by atoms with Crippen LogP contribution >= 0.6 is 0 Å². The third-order valence-corrected chi connectivity index (χ3v) is 11.7. The predicted molar refractivity (Wildman–Crippen MR) is 128 cm³/mol. The van der Waals surface area contributed by atoms with Gasteiger partial charge in [0.1, 0.15) is 0 Å². The third-order valence-electron chi connectivity index (χ3n) is 11.7. The Kier molecular flexibility index (Phi) is 5.40. The van der Waals surface area contributed by atoms with E-state index < -0.39 is 40.3 Å². The van der Waals surface area contributed by atoms with E-state index in [-0.39, 0.29) is 41.5 Å². The van der Waals surface area contributed by atoms with Crippen molar-refractivity contribution in [1.82, 2.24) is 0 Å². The molecule has 0 unspecified atom stereocenters. The van der Waals surface area contributed by atoms with Crippen LogP contribution in [0.5, 0.6) is 0 Å². The van der Waals surface area contributed by atoms with Gasteiger partial charge in [-0.05, 0) is 101 Å². The van der Waals surface area contributed by atoms with E-state index in [0.717, 1.165) is 24.8 Å². The minimum absolute atomic E-state index is 0.00404. The molecular weight excluding hydrogens is 432 g/mol. The molecule has 6 heteroatoms. The molecule has 0 aromatic heterocycles. The second-order valence-corrected chi connectivity index (χ2v) is 13.6. The van der Waals surface area contributed by atoms with E-state index in [1.807, 2.05) is 6.92 Å². The minimum atomic E-state index is -1.15. The lowest BCUT2D eigenvalue weighted by Crippen LogP contribution is -2.65.